The van der Waals surface area contributed by atoms with Gasteiger partial charge in [0, 0.05) is 37.2 Å². The summed E-state index contributed by atoms with van der Waals surface area (Å²) in [6.45, 7) is 1.79. The maximum Gasteiger partial charge on any atom is 0.221 e. The largest absolute Gasteiger partial charge is 0.507 e. The lowest BCUT2D eigenvalue weighted by Gasteiger charge is -2.12. The van der Waals surface area contributed by atoms with Crippen molar-refractivity contribution >= 4 is 11.6 Å². The average molecular weight is 389 g/mol. The molecule has 6 heteroatoms. The van der Waals surface area contributed by atoms with E-state index in [9.17, 15) is 14.3 Å². The molecule has 0 aliphatic rings. The number of anilines is 1. The van der Waals surface area contributed by atoms with Crippen LogP contribution < -0.4 is 11.1 Å². The zero-order valence-electron chi connectivity index (χ0n) is 15.9. The molecular formula is C23H20FN3O2. The Bertz CT molecular complexity index is 1120. The van der Waals surface area contributed by atoms with Crippen LogP contribution in [0.15, 0.2) is 54.7 Å². The van der Waals surface area contributed by atoms with Gasteiger partial charge in [-0.25, -0.2) is 9.37 Å². The summed E-state index contributed by atoms with van der Waals surface area (Å²) in [5.74, 6) is 4.96. The van der Waals surface area contributed by atoms with Gasteiger partial charge in [-0.15, -0.1) is 0 Å². The number of aromatic nitrogens is 1. The number of carbonyl (C=O) groups is 1. The fraction of sp³-hybridized carbons (Fsp3) is 0.130. The number of rotatable bonds is 4. The highest BCUT2D eigenvalue weighted by Gasteiger charge is 2.13. The van der Waals surface area contributed by atoms with E-state index in [-0.39, 0.29) is 17.3 Å². The fourth-order valence-corrected chi connectivity index (χ4v) is 2.87. The van der Waals surface area contributed by atoms with Crippen LogP contribution in [0.1, 0.15) is 19.0 Å². The predicted molar refractivity (Wildman–Crippen MR) is 112 cm³/mol. The number of amides is 1. The van der Waals surface area contributed by atoms with Crippen molar-refractivity contribution in [2.24, 2.45) is 5.73 Å². The van der Waals surface area contributed by atoms with Crippen molar-refractivity contribution in [2.75, 3.05) is 11.9 Å². The van der Waals surface area contributed by atoms with E-state index in [1.807, 2.05) is 0 Å². The number of phenols is 1. The van der Waals surface area contributed by atoms with Crippen molar-refractivity contribution in [2.45, 2.75) is 13.3 Å². The van der Waals surface area contributed by atoms with Crippen LogP contribution in [0.3, 0.4) is 0 Å². The number of pyridine rings is 1. The smallest absolute Gasteiger partial charge is 0.221 e. The molecule has 29 heavy (non-hydrogen) atoms. The van der Waals surface area contributed by atoms with Crippen LogP contribution in [-0.4, -0.2) is 22.5 Å². The van der Waals surface area contributed by atoms with Crippen LogP contribution in [-0.2, 0) is 4.79 Å². The number of nitrogens with two attached hydrogens (primary N) is 1. The Hall–Kier alpha value is -3.69. The fourth-order valence-electron chi connectivity index (χ4n) is 2.87. The second-order valence-corrected chi connectivity index (χ2v) is 6.35. The summed E-state index contributed by atoms with van der Waals surface area (Å²) in [7, 11) is 0. The molecule has 0 aliphatic heterocycles. The molecule has 3 rings (SSSR count). The number of hydrogen-bond donors (Lipinski definition) is 3. The first kappa shape index (κ1) is 20.1. The van der Waals surface area contributed by atoms with Gasteiger partial charge in [0.25, 0.3) is 0 Å². The van der Waals surface area contributed by atoms with Gasteiger partial charge in [0.1, 0.15) is 17.3 Å². The minimum atomic E-state index is -0.580. The van der Waals surface area contributed by atoms with E-state index in [0.717, 1.165) is 5.56 Å². The van der Waals surface area contributed by atoms with Gasteiger partial charge in [-0.2, -0.15) is 0 Å². The summed E-state index contributed by atoms with van der Waals surface area (Å²) in [6, 6.07) is 13.2. The van der Waals surface area contributed by atoms with Crippen LogP contribution in [0.2, 0.25) is 0 Å². The lowest BCUT2D eigenvalue weighted by Crippen LogP contribution is -2.07. The summed E-state index contributed by atoms with van der Waals surface area (Å²) in [5.41, 5.74) is 8.40. The molecule has 0 aliphatic carbocycles. The minimum Gasteiger partial charge on any atom is -0.507 e. The molecule has 3 aromatic rings. The monoisotopic (exact) mass is 389 g/mol. The third-order valence-corrected chi connectivity index (χ3v) is 4.18. The van der Waals surface area contributed by atoms with Crippen LogP contribution in [0.5, 0.6) is 5.75 Å². The number of hydrogen-bond acceptors (Lipinski definition) is 4. The molecule has 0 atom stereocenters. The zero-order valence-corrected chi connectivity index (χ0v) is 15.9. The molecule has 146 valence electrons. The minimum absolute atomic E-state index is 0.0197. The van der Waals surface area contributed by atoms with Crippen LogP contribution in [0.4, 0.5) is 10.1 Å². The lowest BCUT2D eigenvalue weighted by atomic mass is 9.97. The third kappa shape index (κ3) is 4.78. The van der Waals surface area contributed by atoms with Crippen molar-refractivity contribution in [3.05, 3.63) is 66.2 Å². The number of nitrogens with one attached hydrogen (secondary N) is 1. The quantitative estimate of drug-likeness (QED) is 0.590. The maximum atomic E-state index is 14.3. The van der Waals surface area contributed by atoms with E-state index in [4.69, 9.17) is 5.73 Å². The van der Waals surface area contributed by atoms with E-state index in [0.29, 0.717) is 35.3 Å². The number of halogens is 1. The van der Waals surface area contributed by atoms with Gasteiger partial charge >= 0.3 is 0 Å². The van der Waals surface area contributed by atoms with Gasteiger partial charge in [-0.05, 0) is 41.3 Å². The number of para-hydroxylation sites is 1. The van der Waals surface area contributed by atoms with Gasteiger partial charge in [0.05, 0.1) is 5.69 Å². The molecule has 5 nitrogen and oxygen atoms in total. The van der Waals surface area contributed by atoms with Crippen LogP contribution in [0.25, 0.3) is 22.3 Å². The Kier molecular flexibility index (Phi) is 6.22. The Balaban J connectivity index is 1.99. The summed E-state index contributed by atoms with van der Waals surface area (Å²) >= 11 is 0. The molecule has 0 spiro atoms. The molecule has 0 fully saturated rings. The second kappa shape index (κ2) is 9.00. The van der Waals surface area contributed by atoms with E-state index in [1.54, 1.807) is 42.6 Å². The van der Waals surface area contributed by atoms with Crippen molar-refractivity contribution in [3.8, 4) is 39.8 Å². The standard InChI is InChI=1S/C23H20FN3O2/c1-15(28)27-22-9-8-16(14-21(22)24)19-6-4-7-20(23(19)29)17-10-12-26-18(13-17)5-2-3-11-25/h4,6-10,12-14,29H,3,11,25H2,1H3,(H,27,28). The number of nitrogens with zero attached hydrogens (tertiary/aromatic N) is 1. The Morgan fingerprint density at radius 3 is 2.55 bits per heavy atom. The highest BCUT2D eigenvalue weighted by atomic mass is 19.1. The summed E-state index contributed by atoms with van der Waals surface area (Å²) in [6.07, 6.45) is 2.20. The number of carbonyl (C=O) groups excluding carboxylic acids is 1. The number of aromatic hydroxyl groups is 1. The highest BCUT2D eigenvalue weighted by molar-refractivity contribution is 5.89. The van der Waals surface area contributed by atoms with Gasteiger partial charge in [-0.3, -0.25) is 4.79 Å². The Morgan fingerprint density at radius 2 is 1.90 bits per heavy atom. The van der Waals surface area contributed by atoms with E-state index < -0.39 is 5.82 Å². The molecule has 0 saturated carbocycles. The van der Waals surface area contributed by atoms with Gasteiger partial charge in [0.2, 0.25) is 5.91 Å². The molecule has 0 unspecified atom stereocenters. The van der Waals surface area contributed by atoms with E-state index in [2.05, 4.69) is 22.1 Å². The van der Waals surface area contributed by atoms with Gasteiger partial charge < -0.3 is 16.2 Å². The van der Waals surface area contributed by atoms with Gasteiger partial charge in [0.15, 0.2) is 0 Å². The SMILES string of the molecule is CC(=O)Nc1ccc(-c2cccc(-c3ccnc(C#CCCN)c3)c2O)cc1F. The first-order valence-electron chi connectivity index (χ1n) is 9.04. The predicted octanol–water partition coefficient (Wildman–Crippen LogP) is 3.92. The van der Waals surface area contributed by atoms with Crippen molar-refractivity contribution in [3.63, 3.8) is 0 Å². The molecule has 1 amide bonds. The second-order valence-electron chi connectivity index (χ2n) is 6.35. The van der Waals surface area contributed by atoms with E-state index in [1.165, 1.54) is 19.1 Å². The molecule has 4 N–H and O–H groups in total. The normalized spacial score (nSPS) is 10.2. The zero-order chi connectivity index (χ0) is 20.8. The van der Waals surface area contributed by atoms with Crippen molar-refractivity contribution in [1.29, 1.82) is 0 Å². The lowest BCUT2D eigenvalue weighted by molar-refractivity contribution is -0.114. The molecule has 0 saturated heterocycles. The Morgan fingerprint density at radius 1 is 1.17 bits per heavy atom. The van der Waals surface area contributed by atoms with Gasteiger partial charge in [-0.1, -0.05) is 30.2 Å². The topological polar surface area (TPSA) is 88.2 Å². The summed E-state index contributed by atoms with van der Waals surface area (Å²) < 4.78 is 14.3. The summed E-state index contributed by atoms with van der Waals surface area (Å²) in [4.78, 5) is 15.4. The highest BCUT2D eigenvalue weighted by Crippen LogP contribution is 2.38. The molecule has 1 heterocycles. The number of benzene rings is 2. The molecule has 1 aromatic heterocycles. The Labute approximate surface area is 168 Å². The van der Waals surface area contributed by atoms with Crippen molar-refractivity contribution in [1.82, 2.24) is 4.98 Å². The van der Waals surface area contributed by atoms with Crippen molar-refractivity contribution < 1.29 is 14.3 Å². The summed E-state index contributed by atoms with van der Waals surface area (Å²) in [5, 5.41) is 13.3. The molecule has 2 aromatic carbocycles. The number of phenolic OH excluding ortho intramolecular Hbond substituents is 1. The molecule has 0 radical (unpaired) electrons. The molecule has 0 bridgehead atoms. The maximum absolute atomic E-state index is 14.3. The first-order valence-corrected chi connectivity index (χ1v) is 9.04. The molecular weight excluding hydrogens is 369 g/mol. The van der Waals surface area contributed by atoms with Crippen LogP contribution >= 0.6 is 0 Å². The average Bonchev–Trinajstić information content (AvgIpc) is 2.70. The van der Waals surface area contributed by atoms with E-state index >= 15 is 0 Å². The first-order chi connectivity index (χ1) is 14.0. The van der Waals surface area contributed by atoms with Crippen LogP contribution in [0, 0.1) is 17.7 Å². The third-order valence-electron chi connectivity index (χ3n) is 4.18.